The standard InChI is InChI=1S/C4H2F2N3/c5-2-1-3(7)9-4(6)8-2/h1,7H. The van der Waals surface area contributed by atoms with Crippen LogP contribution in [0.2, 0.25) is 0 Å². The van der Waals surface area contributed by atoms with Gasteiger partial charge in [0.05, 0.1) is 0 Å². The van der Waals surface area contributed by atoms with Crippen molar-refractivity contribution in [1.82, 2.24) is 15.7 Å². The number of aromatic nitrogens is 2. The van der Waals surface area contributed by atoms with Crippen LogP contribution in [0.15, 0.2) is 6.07 Å². The monoisotopic (exact) mass is 130 g/mol. The van der Waals surface area contributed by atoms with Crippen LogP contribution >= 0.6 is 0 Å². The predicted molar refractivity (Wildman–Crippen MR) is 24.7 cm³/mol. The van der Waals surface area contributed by atoms with Gasteiger partial charge in [-0.25, -0.2) is 0 Å². The van der Waals surface area contributed by atoms with Crippen LogP contribution in [-0.2, 0) is 0 Å². The highest BCUT2D eigenvalue weighted by atomic mass is 19.1. The lowest BCUT2D eigenvalue weighted by atomic mass is 10.6. The lowest BCUT2D eigenvalue weighted by Crippen LogP contribution is -1.92. The van der Waals surface area contributed by atoms with Crippen LogP contribution in [0, 0.1) is 12.0 Å². The maximum atomic E-state index is 11.9. The van der Waals surface area contributed by atoms with Crippen molar-refractivity contribution in [1.29, 1.82) is 0 Å². The quantitative estimate of drug-likeness (QED) is 0.382. The average Bonchev–Trinajstić information content (AvgIpc) is 1.59. The first kappa shape index (κ1) is 5.87. The molecule has 0 amide bonds. The molecule has 1 N–H and O–H groups in total. The van der Waals surface area contributed by atoms with E-state index in [1.165, 1.54) is 0 Å². The van der Waals surface area contributed by atoms with Gasteiger partial charge in [0.2, 0.25) is 5.95 Å². The Balaban J connectivity index is 3.17. The van der Waals surface area contributed by atoms with Crippen molar-refractivity contribution in [3.05, 3.63) is 18.1 Å². The fourth-order valence-electron chi connectivity index (χ4n) is 0.390. The van der Waals surface area contributed by atoms with Gasteiger partial charge in [0.1, 0.15) is 0 Å². The van der Waals surface area contributed by atoms with Gasteiger partial charge < -0.3 is 0 Å². The molecule has 1 heterocycles. The van der Waals surface area contributed by atoms with Gasteiger partial charge in [0.15, 0.2) is 5.82 Å². The molecule has 0 aliphatic carbocycles. The molecule has 0 fully saturated rings. The topological polar surface area (TPSA) is 49.6 Å². The molecule has 0 atom stereocenters. The Kier molecular flexibility index (Phi) is 1.26. The zero-order valence-corrected chi connectivity index (χ0v) is 4.23. The predicted octanol–water partition coefficient (Wildman–Crippen LogP) is 0.669. The van der Waals surface area contributed by atoms with Crippen LogP contribution in [0.5, 0.6) is 0 Å². The summed E-state index contributed by atoms with van der Waals surface area (Å²) in [5.41, 5.74) is 6.65. The van der Waals surface area contributed by atoms with Gasteiger partial charge in [0, 0.05) is 6.07 Å². The van der Waals surface area contributed by atoms with Crippen molar-refractivity contribution in [2.45, 2.75) is 0 Å². The first-order valence-electron chi connectivity index (χ1n) is 2.10. The molecular formula is C4H2F2N3. The van der Waals surface area contributed by atoms with Crippen molar-refractivity contribution < 1.29 is 8.78 Å². The van der Waals surface area contributed by atoms with Gasteiger partial charge in [-0.05, 0) is 0 Å². The summed E-state index contributed by atoms with van der Waals surface area (Å²) in [5.74, 6) is -1.48. The molecular weight excluding hydrogens is 128 g/mol. The van der Waals surface area contributed by atoms with Gasteiger partial charge in [-0.3, -0.25) is 5.73 Å². The third-order valence-electron chi connectivity index (χ3n) is 0.668. The van der Waals surface area contributed by atoms with E-state index in [0.29, 0.717) is 0 Å². The van der Waals surface area contributed by atoms with Gasteiger partial charge >= 0.3 is 6.08 Å². The summed E-state index contributed by atoms with van der Waals surface area (Å²) >= 11 is 0. The Morgan fingerprint density at radius 2 is 2.00 bits per heavy atom. The van der Waals surface area contributed by atoms with E-state index in [1.807, 2.05) is 0 Å². The number of nitrogens with zero attached hydrogens (tertiary/aromatic N) is 2. The minimum absolute atomic E-state index is 0.458. The molecule has 3 nitrogen and oxygen atoms in total. The fraction of sp³-hybridized carbons (Fsp3) is 0. The van der Waals surface area contributed by atoms with Crippen LogP contribution < -0.4 is 5.73 Å². The van der Waals surface area contributed by atoms with Gasteiger partial charge in [-0.2, -0.15) is 18.7 Å². The van der Waals surface area contributed by atoms with Crippen LogP contribution in [-0.4, -0.2) is 9.97 Å². The Morgan fingerprint density at radius 3 is 2.44 bits per heavy atom. The van der Waals surface area contributed by atoms with Gasteiger partial charge in [-0.15, -0.1) is 0 Å². The van der Waals surface area contributed by atoms with E-state index in [9.17, 15) is 8.78 Å². The number of rotatable bonds is 0. The normalized spacial score (nSPS) is 9.56. The van der Waals surface area contributed by atoms with Crippen molar-refractivity contribution in [2.24, 2.45) is 0 Å². The molecule has 9 heavy (non-hydrogen) atoms. The van der Waals surface area contributed by atoms with Crippen LogP contribution in [0.4, 0.5) is 14.6 Å². The Morgan fingerprint density at radius 1 is 1.33 bits per heavy atom. The van der Waals surface area contributed by atoms with Gasteiger partial charge in [-0.1, -0.05) is 0 Å². The number of hydrogen-bond donors (Lipinski definition) is 0. The van der Waals surface area contributed by atoms with Crippen LogP contribution in [0.25, 0.3) is 0 Å². The highest BCUT2D eigenvalue weighted by molar-refractivity contribution is 5.18. The summed E-state index contributed by atoms with van der Waals surface area (Å²) in [6.45, 7) is 0. The van der Waals surface area contributed by atoms with E-state index >= 15 is 0 Å². The highest BCUT2D eigenvalue weighted by Crippen LogP contribution is 2.00. The Hall–Kier alpha value is -1.26. The molecule has 1 aromatic heterocycles. The Bertz CT molecular complexity index is 175. The number of halogens is 2. The van der Waals surface area contributed by atoms with Crippen LogP contribution in [0.3, 0.4) is 0 Å². The SMILES string of the molecule is [NH]c1cc(F)nc(F)n1. The lowest BCUT2D eigenvalue weighted by molar-refractivity contribution is 0.483. The number of nitrogens with one attached hydrogen (secondary N) is 1. The zero-order valence-electron chi connectivity index (χ0n) is 4.23. The minimum Gasteiger partial charge on any atom is -0.283 e. The largest absolute Gasteiger partial charge is 0.313 e. The Labute approximate surface area is 49.5 Å². The van der Waals surface area contributed by atoms with Gasteiger partial charge in [0.25, 0.3) is 0 Å². The molecule has 47 valence electrons. The molecule has 1 radical (unpaired) electrons. The molecule has 1 aromatic rings. The third-order valence-corrected chi connectivity index (χ3v) is 0.668. The molecule has 0 unspecified atom stereocenters. The molecule has 0 bridgehead atoms. The smallest absolute Gasteiger partial charge is 0.283 e. The van der Waals surface area contributed by atoms with E-state index < -0.39 is 17.8 Å². The average molecular weight is 130 g/mol. The maximum absolute atomic E-state index is 11.9. The van der Waals surface area contributed by atoms with Crippen LogP contribution in [0.1, 0.15) is 0 Å². The molecule has 0 aromatic carbocycles. The summed E-state index contributed by atoms with van der Waals surface area (Å²) in [6.07, 6.45) is -1.21. The third kappa shape index (κ3) is 1.31. The van der Waals surface area contributed by atoms with E-state index in [0.717, 1.165) is 6.07 Å². The van der Waals surface area contributed by atoms with Crippen molar-refractivity contribution in [3.63, 3.8) is 0 Å². The van der Waals surface area contributed by atoms with Crippen molar-refractivity contribution >= 4 is 5.82 Å². The first-order valence-corrected chi connectivity index (χ1v) is 2.10. The second kappa shape index (κ2) is 1.93. The number of hydrogen-bond acceptors (Lipinski definition) is 2. The maximum Gasteiger partial charge on any atom is 0.313 e. The summed E-state index contributed by atoms with van der Waals surface area (Å²) in [4.78, 5) is 5.55. The lowest BCUT2D eigenvalue weighted by Gasteiger charge is -1.88. The van der Waals surface area contributed by atoms with E-state index in [1.54, 1.807) is 0 Å². The molecule has 1 rings (SSSR count). The summed E-state index contributed by atoms with van der Waals surface area (Å²) in [6, 6.07) is 0.725. The second-order valence-electron chi connectivity index (χ2n) is 1.34. The van der Waals surface area contributed by atoms with Crippen molar-refractivity contribution in [2.75, 3.05) is 0 Å². The molecule has 0 saturated heterocycles. The first-order chi connectivity index (χ1) is 4.18. The van der Waals surface area contributed by atoms with E-state index in [4.69, 9.17) is 5.73 Å². The van der Waals surface area contributed by atoms with Crippen molar-refractivity contribution in [3.8, 4) is 0 Å². The second-order valence-corrected chi connectivity index (χ2v) is 1.34. The van der Waals surface area contributed by atoms with E-state index in [2.05, 4.69) is 9.97 Å². The molecule has 0 aliphatic rings. The summed E-state index contributed by atoms with van der Waals surface area (Å²) in [7, 11) is 0. The summed E-state index contributed by atoms with van der Waals surface area (Å²) in [5, 5.41) is 0. The molecule has 0 spiro atoms. The van der Waals surface area contributed by atoms with E-state index in [-0.39, 0.29) is 0 Å². The fourth-order valence-corrected chi connectivity index (χ4v) is 0.390. The summed E-state index contributed by atoms with van der Waals surface area (Å²) < 4.78 is 23.8. The zero-order chi connectivity index (χ0) is 6.85. The minimum atomic E-state index is -1.21. The molecule has 0 saturated carbocycles. The highest BCUT2D eigenvalue weighted by Gasteiger charge is 1.98. The molecule has 0 aliphatic heterocycles. The molecule has 5 heteroatoms.